The number of ether oxygens (including phenoxy) is 4. The second-order valence-electron chi connectivity index (χ2n) is 16.9. The molecule has 15 nitrogen and oxygen atoms in total. The Morgan fingerprint density at radius 1 is 0.984 bits per heavy atom. The van der Waals surface area contributed by atoms with Crippen molar-refractivity contribution >= 4 is 30.9 Å². The van der Waals surface area contributed by atoms with Gasteiger partial charge in [0.2, 0.25) is 14.3 Å². The number of fused-ring (bicyclic) bond motifs is 1. The highest BCUT2D eigenvalue weighted by molar-refractivity contribution is 7.55. The normalized spacial score (nSPS) is 18.1. The summed E-state index contributed by atoms with van der Waals surface area (Å²) in [4.78, 5) is 33.1. The molecule has 338 valence electrons. The number of imidazole rings is 2. The zero-order valence-corrected chi connectivity index (χ0v) is 38.5. The fourth-order valence-corrected chi connectivity index (χ4v) is 9.76. The van der Waals surface area contributed by atoms with Gasteiger partial charge in [0.15, 0.2) is 11.2 Å². The molecule has 3 aromatic heterocycles. The van der Waals surface area contributed by atoms with E-state index in [0.29, 0.717) is 35.0 Å². The maximum atomic E-state index is 13.4. The van der Waals surface area contributed by atoms with Crippen molar-refractivity contribution in [3.8, 4) is 17.6 Å². The van der Waals surface area contributed by atoms with Crippen LogP contribution in [0.3, 0.4) is 0 Å². The number of H-pyrrole nitrogens is 2. The minimum Gasteiger partial charge on any atom is -0.497 e. The van der Waals surface area contributed by atoms with Crippen LogP contribution >= 0.6 is 8.38 Å². The smallest absolute Gasteiger partial charge is 0.280 e. The van der Waals surface area contributed by atoms with Gasteiger partial charge in [-0.3, -0.25) is 14.3 Å². The highest BCUT2D eigenvalue weighted by atomic mass is 31.2. The summed E-state index contributed by atoms with van der Waals surface area (Å²) in [7, 11) is 1.47. The third-order valence-electron chi connectivity index (χ3n) is 11.5. The molecule has 6 atom stereocenters. The lowest BCUT2D eigenvalue weighted by Gasteiger charge is -2.37. The van der Waals surface area contributed by atoms with Gasteiger partial charge in [-0.15, -0.1) is 0 Å². The first-order valence-electron chi connectivity index (χ1n) is 21.9. The number of hydrogen-bond acceptors (Lipinski definition) is 12. The predicted molar refractivity (Wildman–Crippen MR) is 247 cm³/mol. The van der Waals surface area contributed by atoms with Crippen LogP contribution in [0, 0.1) is 17.2 Å². The lowest BCUT2D eigenvalue weighted by molar-refractivity contribution is -0.0905. The van der Waals surface area contributed by atoms with Gasteiger partial charge in [0.1, 0.15) is 34.9 Å². The van der Waals surface area contributed by atoms with Crippen molar-refractivity contribution in [2.24, 2.45) is 5.92 Å². The Bertz CT molecular complexity index is 2440. The van der Waals surface area contributed by atoms with Gasteiger partial charge in [-0.2, -0.15) is 10.2 Å². The molecule has 0 bridgehead atoms. The summed E-state index contributed by atoms with van der Waals surface area (Å²) in [5.74, 6) is 1.88. The lowest BCUT2D eigenvalue weighted by atomic mass is 9.80. The summed E-state index contributed by atoms with van der Waals surface area (Å²) in [6, 6.07) is 28.2. The number of methoxy groups -OCH3 is 2. The van der Waals surface area contributed by atoms with E-state index in [4.69, 9.17) is 33.0 Å². The number of aromatic amines is 2. The first-order chi connectivity index (χ1) is 31.0. The van der Waals surface area contributed by atoms with Crippen LogP contribution in [0.4, 0.5) is 5.95 Å². The maximum Gasteiger partial charge on any atom is 0.280 e. The maximum absolute atomic E-state index is 13.4. The van der Waals surface area contributed by atoms with E-state index in [2.05, 4.69) is 45.2 Å². The summed E-state index contributed by atoms with van der Waals surface area (Å²) < 4.78 is 41.4. The molecule has 1 aliphatic rings. The molecule has 0 amide bonds. The third kappa shape index (κ3) is 10.5. The van der Waals surface area contributed by atoms with Crippen molar-refractivity contribution < 1.29 is 28.0 Å². The standard InChI is InChI=1S/C48H59N8O7P/c1-8-10-14-32(9-2)38(25-26-49)62-64(41-28-50-30-51-41)63-39-27-42(56-31-52-43-44(56)53-46(54-45(43)57)55-47(3,4)5)61-40(39)29-60-48(33-15-12-11-13-16-33,34-17-21-36(58-6)22-18-34)35-19-23-37(59-7)24-20-35/h11-13,15-24,28,30-32,38-40,42H,8-10,14,25,27,29H2,1-7H3,(H,50,51)(H2,53,54,55,57)/t32?,38?,39-,40+,42+,64?/m0/s1. The lowest BCUT2D eigenvalue weighted by Crippen LogP contribution is -2.38. The van der Waals surface area contributed by atoms with Gasteiger partial charge in [0.05, 0.1) is 64.4 Å². The number of hydrogen-bond donors (Lipinski definition) is 3. The van der Waals surface area contributed by atoms with Crippen LogP contribution in [0.25, 0.3) is 11.2 Å². The predicted octanol–water partition coefficient (Wildman–Crippen LogP) is 8.90. The summed E-state index contributed by atoms with van der Waals surface area (Å²) in [5, 5.41) is 13.3. The van der Waals surface area contributed by atoms with Gasteiger partial charge in [-0.25, -0.2) is 9.97 Å². The SMILES string of the molecule is CCCCC(CC)C(CC#N)OP(O[C@H]1C[C@H](n2cnc3c(=O)[nH]c(NC(C)(C)C)nc32)O[C@@H]1COC(c1ccccc1)(c1ccc(OC)cc1)c1ccc(OC)cc1)c1cnc[nH]1. The van der Waals surface area contributed by atoms with Crippen molar-refractivity contribution in [1.29, 1.82) is 5.26 Å². The minimum absolute atomic E-state index is 0.0491. The van der Waals surface area contributed by atoms with Crippen molar-refractivity contribution in [1.82, 2.24) is 29.5 Å². The van der Waals surface area contributed by atoms with E-state index in [1.165, 1.54) is 0 Å². The topological polar surface area (TPSA) is 183 Å². The molecule has 0 radical (unpaired) electrons. The summed E-state index contributed by atoms with van der Waals surface area (Å²) >= 11 is 0. The number of nitrogens with zero attached hydrogens (tertiary/aromatic N) is 5. The molecule has 1 aliphatic heterocycles. The molecule has 0 aliphatic carbocycles. The van der Waals surface area contributed by atoms with E-state index in [1.54, 1.807) is 37.6 Å². The largest absolute Gasteiger partial charge is 0.497 e. The van der Waals surface area contributed by atoms with Crippen LogP contribution in [0.5, 0.6) is 11.5 Å². The molecule has 0 saturated carbocycles. The average molecular weight is 891 g/mol. The van der Waals surface area contributed by atoms with Gasteiger partial charge in [0.25, 0.3) is 5.56 Å². The first-order valence-corrected chi connectivity index (χ1v) is 23.1. The van der Waals surface area contributed by atoms with Crippen LogP contribution in [-0.2, 0) is 24.1 Å². The highest BCUT2D eigenvalue weighted by Gasteiger charge is 2.45. The number of rotatable bonds is 21. The van der Waals surface area contributed by atoms with E-state index >= 15 is 0 Å². The molecular formula is C48H59N8O7P. The molecule has 3 N–H and O–H groups in total. The average Bonchev–Trinajstić information content (AvgIpc) is 4.08. The Morgan fingerprint density at radius 2 is 1.66 bits per heavy atom. The number of anilines is 1. The van der Waals surface area contributed by atoms with Gasteiger partial charge in [-0.05, 0) is 74.1 Å². The van der Waals surface area contributed by atoms with Crippen LogP contribution < -0.4 is 25.8 Å². The molecule has 7 rings (SSSR count). The monoisotopic (exact) mass is 890 g/mol. The Morgan fingerprint density at radius 3 is 2.23 bits per heavy atom. The third-order valence-corrected chi connectivity index (χ3v) is 13.0. The first kappa shape index (κ1) is 46.4. The van der Waals surface area contributed by atoms with Crippen molar-refractivity contribution in [2.75, 3.05) is 26.1 Å². The Hall–Kier alpha value is -5.62. The van der Waals surface area contributed by atoms with Gasteiger partial charge >= 0.3 is 0 Å². The van der Waals surface area contributed by atoms with Crippen LogP contribution in [0.15, 0.2) is 103 Å². The van der Waals surface area contributed by atoms with Crippen molar-refractivity contribution in [3.05, 3.63) is 125 Å². The second kappa shape index (κ2) is 20.9. The number of unbranched alkanes of at least 4 members (excludes halogenated alkanes) is 1. The number of benzene rings is 3. The molecule has 64 heavy (non-hydrogen) atoms. The van der Waals surface area contributed by atoms with E-state index < -0.39 is 32.4 Å². The number of aromatic nitrogens is 6. The molecule has 4 heterocycles. The molecule has 1 fully saturated rings. The zero-order valence-electron chi connectivity index (χ0n) is 37.6. The summed E-state index contributed by atoms with van der Waals surface area (Å²) in [5.41, 5.74) is 1.92. The molecule has 16 heteroatoms. The zero-order chi connectivity index (χ0) is 45.3. The molecule has 6 aromatic rings. The Balaban J connectivity index is 1.31. The fraction of sp³-hybridized carbons (Fsp3) is 0.438. The van der Waals surface area contributed by atoms with Gasteiger partial charge in [-0.1, -0.05) is 87.7 Å². The van der Waals surface area contributed by atoms with Crippen molar-refractivity contribution in [2.45, 2.75) is 109 Å². The number of nitrogens with one attached hydrogen (secondary N) is 3. The number of nitriles is 1. The molecule has 0 spiro atoms. The van der Waals surface area contributed by atoms with Gasteiger partial charge < -0.3 is 38.3 Å². The van der Waals surface area contributed by atoms with E-state index in [1.807, 2.05) is 99.6 Å². The van der Waals surface area contributed by atoms with Crippen LogP contribution in [0.2, 0.25) is 0 Å². The minimum atomic E-state index is -1.82. The molecule has 1 saturated heterocycles. The molecule has 3 unspecified atom stereocenters. The summed E-state index contributed by atoms with van der Waals surface area (Å²) in [6.07, 6.45) is 6.92. The second-order valence-corrected chi connectivity index (χ2v) is 18.4. The van der Waals surface area contributed by atoms with E-state index in [-0.39, 0.29) is 41.7 Å². The Labute approximate surface area is 375 Å². The van der Waals surface area contributed by atoms with Crippen molar-refractivity contribution in [3.63, 3.8) is 0 Å². The quantitative estimate of drug-likeness (QED) is 0.0462. The Kier molecular flexibility index (Phi) is 15.2. The highest BCUT2D eigenvalue weighted by Crippen LogP contribution is 2.48. The van der Waals surface area contributed by atoms with E-state index in [9.17, 15) is 10.1 Å². The molecular weight excluding hydrogens is 832 g/mol. The van der Waals surface area contributed by atoms with Crippen LogP contribution in [-0.4, -0.2) is 74.2 Å². The van der Waals surface area contributed by atoms with Crippen LogP contribution in [0.1, 0.15) is 96.1 Å². The van der Waals surface area contributed by atoms with E-state index in [0.717, 1.165) is 42.4 Å². The summed E-state index contributed by atoms with van der Waals surface area (Å²) in [6.45, 7) is 10.3. The molecule has 3 aromatic carbocycles. The van der Waals surface area contributed by atoms with Gasteiger partial charge in [0, 0.05) is 12.0 Å². The fourth-order valence-electron chi connectivity index (χ4n) is 8.20.